The molecule has 5 nitrogen and oxygen atoms in total. The topological polar surface area (TPSA) is 33.4 Å². The third kappa shape index (κ3) is 2.85. The molecule has 4 rings (SSSR count). The second-order valence-corrected chi connectivity index (χ2v) is 6.79. The number of benzene rings is 2. The summed E-state index contributed by atoms with van der Waals surface area (Å²) in [6.45, 7) is 6.72. The largest absolute Gasteiger partial charge is 0.369 e. The first-order valence-electron chi connectivity index (χ1n) is 8.82. The van der Waals surface area contributed by atoms with Crippen LogP contribution in [0.3, 0.4) is 0 Å². The number of hydrogen-bond donors (Lipinski definition) is 0. The van der Waals surface area contributed by atoms with E-state index in [1.807, 2.05) is 35.9 Å². The number of imidazole rings is 1. The molecule has 0 atom stereocenters. The molecule has 1 aliphatic heterocycles. The van der Waals surface area contributed by atoms with Crippen molar-refractivity contribution < 1.29 is 0 Å². The van der Waals surface area contributed by atoms with Crippen LogP contribution in [-0.4, -0.2) is 40.2 Å². The summed E-state index contributed by atoms with van der Waals surface area (Å²) in [4.78, 5) is 17.4. The van der Waals surface area contributed by atoms with Gasteiger partial charge in [0.15, 0.2) is 0 Å². The van der Waals surface area contributed by atoms with Crippen molar-refractivity contribution in [1.82, 2.24) is 14.0 Å². The van der Waals surface area contributed by atoms with Crippen LogP contribution < -0.4 is 10.6 Å². The van der Waals surface area contributed by atoms with Crippen LogP contribution in [-0.2, 0) is 13.7 Å². The summed E-state index contributed by atoms with van der Waals surface area (Å²) in [5.41, 5.74) is 4.70. The van der Waals surface area contributed by atoms with E-state index >= 15 is 0 Å². The molecule has 0 unspecified atom stereocenters. The first-order chi connectivity index (χ1) is 12.1. The van der Waals surface area contributed by atoms with E-state index < -0.39 is 0 Å². The number of para-hydroxylation sites is 3. The van der Waals surface area contributed by atoms with Gasteiger partial charge in [0.25, 0.3) is 0 Å². The van der Waals surface area contributed by atoms with E-state index in [-0.39, 0.29) is 5.69 Å². The third-order valence-corrected chi connectivity index (χ3v) is 5.22. The molecule has 0 bridgehead atoms. The average molecular weight is 336 g/mol. The summed E-state index contributed by atoms with van der Waals surface area (Å²) in [7, 11) is 1.84. The van der Waals surface area contributed by atoms with Gasteiger partial charge in [0.05, 0.1) is 17.7 Å². The fourth-order valence-corrected chi connectivity index (χ4v) is 3.75. The van der Waals surface area contributed by atoms with Gasteiger partial charge in [-0.3, -0.25) is 14.0 Å². The Labute approximate surface area is 147 Å². The molecule has 1 fully saturated rings. The number of piperazine rings is 1. The fourth-order valence-electron chi connectivity index (χ4n) is 3.75. The lowest BCUT2D eigenvalue weighted by atomic mass is 10.1. The number of nitrogens with zero attached hydrogens (tertiary/aromatic N) is 4. The van der Waals surface area contributed by atoms with Crippen molar-refractivity contribution in [2.75, 3.05) is 31.1 Å². The van der Waals surface area contributed by atoms with Gasteiger partial charge in [-0.2, -0.15) is 0 Å². The highest BCUT2D eigenvalue weighted by Crippen LogP contribution is 2.21. The molecule has 0 amide bonds. The summed E-state index contributed by atoms with van der Waals surface area (Å²) >= 11 is 0. The van der Waals surface area contributed by atoms with Gasteiger partial charge >= 0.3 is 5.69 Å². The van der Waals surface area contributed by atoms with Crippen molar-refractivity contribution in [3.8, 4) is 0 Å². The molecule has 1 saturated heterocycles. The Morgan fingerprint density at radius 1 is 0.880 bits per heavy atom. The van der Waals surface area contributed by atoms with Gasteiger partial charge in [-0.1, -0.05) is 30.3 Å². The van der Waals surface area contributed by atoms with Crippen molar-refractivity contribution in [2.24, 2.45) is 7.05 Å². The maximum absolute atomic E-state index is 12.6. The molecular weight excluding hydrogens is 312 g/mol. The molecule has 0 spiro atoms. The number of hydrogen-bond acceptors (Lipinski definition) is 3. The Hall–Kier alpha value is -2.53. The predicted octanol–water partition coefficient (Wildman–Crippen LogP) is 2.43. The van der Waals surface area contributed by atoms with Gasteiger partial charge in [-0.15, -0.1) is 0 Å². The van der Waals surface area contributed by atoms with Gasteiger partial charge in [0, 0.05) is 38.9 Å². The van der Waals surface area contributed by atoms with E-state index in [9.17, 15) is 4.79 Å². The van der Waals surface area contributed by atoms with Crippen LogP contribution in [0.4, 0.5) is 5.69 Å². The summed E-state index contributed by atoms with van der Waals surface area (Å²) in [6, 6.07) is 16.6. The fraction of sp³-hybridized carbons (Fsp3) is 0.350. The summed E-state index contributed by atoms with van der Waals surface area (Å²) in [5.74, 6) is 0. The molecule has 1 aromatic heterocycles. The molecule has 130 valence electrons. The molecule has 0 N–H and O–H groups in total. The van der Waals surface area contributed by atoms with Crippen LogP contribution in [0, 0.1) is 6.92 Å². The lowest BCUT2D eigenvalue weighted by Crippen LogP contribution is -2.48. The van der Waals surface area contributed by atoms with E-state index in [0.29, 0.717) is 6.67 Å². The maximum atomic E-state index is 12.6. The monoisotopic (exact) mass is 336 g/mol. The van der Waals surface area contributed by atoms with Crippen molar-refractivity contribution in [2.45, 2.75) is 13.6 Å². The Bertz CT molecular complexity index is 948. The van der Waals surface area contributed by atoms with E-state index in [4.69, 9.17) is 0 Å². The third-order valence-electron chi connectivity index (χ3n) is 5.22. The number of aryl methyl sites for hydroxylation is 2. The smallest absolute Gasteiger partial charge is 0.329 e. The van der Waals surface area contributed by atoms with Crippen molar-refractivity contribution in [3.05, 3.63) is 64.6 Å². The second-order valence-electron chi connectivity index (χ2n) is 6.79. The normalized spacial score (nSPS) is 15.8. The maximum Gasteiger partial charge on any atom is 0.329 e. The van der Waals surface area contributed by atoms with Crippen molar-refractivity contribution in [3.63, 3.8) is 0 Å². The molecule has 3 aromatic rings. The minimum Gasteiger partial charge on any atom is -0.369 e. The Balaban J connectivity index is 1.51. The van der Waals surface area contributed by atoms with Crippen molar-refractivity contribution in [1.29, 1.82) is 0 Å². The minimum atomic E-state index is 0.0579. The van der Waals surface area contributed by atoms with Gasteiger partial charge in [-0.25, -0.2) is 4.79 Å². The highest BCUT2D eigenvalue weighted by Gasteiger charge is 2.20. The van der Waals surface area contributed by atoms with Gasteiger partial charge in [-0.05, 0) is 30.7 Å². The standard InChI is InChI=1S/C20H24N4O/c1-16-7-3-4-8-17(16)23-13-11-22(12-14-23)15-24-19-10-6-5-9-18(19)21(2)20(24)25/h3-10H,11-15H2,1-2H3. The number of rotatable bonds is 3. The van der Waals surface area contributed by atoms with Crippen LogP contribution in [0.2, 0.25) is 0 Å². The second kappa shape index (κ2) is 6.41. The SMILES string of the molecule is Cc1ccccc1N1CCN(Cn2c(=O)n(C)c3ccccc32)CC1. The molecule has 0 aliphatic carbocycles. The van der Waals surface area contributed by atoms with Crippen LogP contribution in [0.5, 0.6) is 0 Å². The highest BCUT2D eigenvalue weighted by molar-refractivity contribution is 5.75. The molecule has 2 heterocycles. The predicted molar refractivity (Wildman–Crippen MR) is 102 cm³/mol. The molecule has 5 heteroatoms. The molecule has 25 heavy (non-hydrogen) atoms. The zero-order chi connectivity index (χ0) is 17.4. The lowest BCUT2D eigenvalue weighted by Gasteiger charge is -2.36. The number of aromatic nitrogens is 2. The van der Waals surface area contributed by atoms with Gasteiger partial charge in [0.2, 0.25) is 0 Å². The van der Waals surface area contributed by atoms with Crippen LogP contribution in [0.1, 0.15) is 5.56 Å². The van der Waals surface area contributed by atoms with Gasteiger partial charge in [0.1, 0.15) is 0 Å². The first-order valence-corrected chi connectivity index (χ1v) is 8.82. The van der Waals surface area contributed by atoms with Crippen molar-refractivity contribution >= 4 is 16.7 Å². The zero-order valence-corrected chi connectivity index (χ0v) is 14.9. The number of fused-ring (bicyclic) bond motifs is 1. The van der Waals surface area contributed by atoms with E-state index in [1.165, 1.54) is 11.3 Å². The zero-order valence-electron chi connectivity index (χ0n) is 14.9. The van der Waals surface area contributed by atoms with Crippen LogP contribution >= 0.6 is 0 Å². The Morgan fingerprint density at radius 2 is 1.52 bits per heavy atom. The summed E-state index contributed by atoms with van der Waals surface area (Å²) < 4.78 is 3.62. The summed E-state index contributed by atoms with van der Waals surface area (Å²) in [6.07, 6.45) is 0. The molecule has 2 aromatic carbocycles. The first kappa shape index (κ1) is 16.0. The molecule has 0 radical (unpaired) electrons. The van der Waals surface area contributed by atoms with Crippen LogP contribution in [0.25, 0.3) is 11.0 Å². The molecule has 1 aliphatic rings. The summed E-state index contributed by atoms with van der Waals surface area (Å²) in [5, 5.41) is 0. The van der Waals surface area contributed by atoms with Crippen LogP contribution in [0.15, 0.2) is 53.3 Å². The van der Waals surface area contributed by atoms with E-state index in [1.54, 1.807) is 4.57 Å². The molecule has 0 saturated carbocycles. The Morgan fingerprint density at radius 3 is 2.24 bits per heavy atom. The average Bonchev–Trinajstić information content (AvgIpc) is 2.88. The minimum absolute atomic E-state index is 0.0579. The highest BCUT2D eigenvalue weighted by atomic mass is 16.1. The quantitative estimate of drug-likeness (QED) is 0.737. The molecular formula is C20H24N4O. The Kier molecular flexibility index (Phi) is 4.09. The van der Waals surface area contributed by atoms with Gasteiger partial charge < -0.3 is 4.90 Å². The number of anilines is 1. The lowest BCUT2D eigenvalue weighted by molar-refractivity contribution is 0.206. The van der Waals surface area contributed by atoms with E-state index in [0.717, 1.165) is 37.2 Å². The van der Waals surface area contributed by atoms with E-state index in [2.05, 4.69) is 41.0 Å².